The molecule has 1 rings (SSSR count). The third-order valence-electron chi connectivity index (χ3n) is 2.72. The number of carbonyl (C=O) groups is 1. The van der Waals surface area contributed by atoms with Gasteiger partial charge in [0.15, 0.2) is 5.12 Å². The summed E-state index contributed by atoms with van der Waals surface area (Å²) in [7, 11) is 0. The Balaban J connectivity index is 2.89. The van der Waals surface area contributed by atoms with Gasteiger partial charge in [0.2, 0.25) is 0 Å². The molecular formula is C15H22O2S. The Labute approximate surface area is 114 Å². The number of hydrogen-bond acceptors (Lipinski definition) is 3. The molecule has 0 bridgehead atoms. The summed E-state index contributed by atoms with van der Waals surface area (Å²) in [6, 6.07) is 9.34. The first kappa shape index (κ1) is 15.3. The molecule has 1 aromatic carbocycles. The molecule has 3 heteroatoms. The van der Waals surface area contributed by atoms with Gasteiger partial charge in [0, 0.05) is 4.75 Å². The molecule has 0 aliphatic rings. The third-order valence-corrected chi connectivity index (χ3v) is 4.05. The monoisotopic (exact) mass is 266 g/mol. The van der Waals surface area contributed by atoms with E-state index in [1.165, 1.54) is 11.8 Å². The minimum atomic E-state index is -0.792. The Morgan fingerprint density at radius 2 is 1.61 bits per heavy atom. The van der Waals surface area contributed by atoms with Crippen molar-refractivity contribution in [3.63, 3.8) is 0 Å². The Hall–Kier alpha value is -0.800. The first-order valence-electron chi connectivity index (χ1n) is 6.11. The van der Waals surface area contributed by atoms with Gasteiger partial charge in [-0.25, -0.2) is 0 Å². The summed E-state index contributed by atoms with van der Waals surface area (Å²) in [5.74, 6) is 0. The molecule has 1 atom stereocenters. The summed E-state index contributed by atoms with van der Waals surface area (Å²) in [6.45, 7) is 9.60. The van der Waals surface area contributed by atoms with Crippen LogP contribution in [0.3, 0.4) is 0 Å². The van der Waals surface area contributed by atoms with Crippen molar-refractivity contribution in [3.8, 4) is 0 Å². The van der Waals surface area contributed by atoms with Gasteiger partial charge in [-0.05, 0) is 19.4 Å². The van der Waals surface area contributed by atoms with Crippen LogP contribution in [-0.4, -0.2) is 15.0 Å². The van der Waals surface area contributed by atoms with Crippen LogP contribution in [0.4, 0.5) is 0 Å². The largest absolute Gasteiger partial charge is 0.387 e. The van der Waals surface area contributed by atoms with Crippen LogP contribution in [0.2, 0.25) is 0 Å². The van der Waals surface area contributed by atoms with Gasteiger partial charge < -0.3 is 5.11 Å². The van der Waals surface area contributed by atoms with Gasteiger partial charge in [0.25, 0.3) is 0 Å². The fourth-order valence-electron chi connectivity index (χ4n) is 1.57. The van der Waals surface area contributed by atoms with Gasteiger partial charge >= 0.3 is 0 Å². The molecule has 0 aromatic heterocycles. The van der Waals surface area contributed by atoms with E-state index in [0.29, 0.717) is 0 Å². The highest BCUT2D eigenvalue weighted by atomic mass is 32.2. The summed E-state index contributed by atoms with van der Waals surface area (Å²) in [5, 5.41) is 10.4. The van der Waals surface area contributed by atoms with Gasteiger partial charge in [0.1, 0.15) is 0 Å². The second-order valence-corrected chi connectivity index (χ2v) is 7.84. The lowest BCUT2D eigenvalue weighted by Gasteiger charge is -2.31. The molecule has 18 heavy (non-hydrogen) atoms. The first-order valence-corrected chi connectivity index (χ1v) is 6.93. The molecule has 0 fully saturated rings. The van der Waals surface area contributed by atoms with E-state index in [9.17, 15) is 9.90 Å². The maximum Gasteiger partial charge on any atom is 0.197 e. The summed E-state index contributed by atoms with van der Waals surface area (Å²) in [6.07, 6.45) is -0.777. The minimum absolute atomic E-state index is 0.0198. The zero-order valence-electron chi connectivity index (χ0n) is 11.7. The molecule has 1 N–H and O–H groups in total. The Morgan fingerprint density at radius 3 is 2.06 bits per heavy atom. The van der Waals surface area contributed by atoms with Crippen LogP contribution in [-0.2, 0) is 4.79 Å². The summed E-state index contributed by atoms with van der Waals surface area (Å²) in [4.78, 5) is 12.3. The molecule has 0 radical (unpaired) electrons. The fourth-order valence-corrected chi connectivity index (χ4v) is 2.50. The second-order valence-electron chi connectivity index (χ2n) is 6.04. The molecule has 1 aromatic rings. The van der Waals surface area contributed by atoms with Crippen LogP contribution in [0.1, 0.15) is 46.3 Å². The number of aliphatic hydroxyl groups excluding tert-OH is 1. The van der Waals surface area contributed by atoms with Crippen LogP contribution < -0.4 is 0 Å². The van der Waals surface area contributed by atoms with Gasteiger partial charge in [-0.1, -0.05) is 62.9 Å². The predicted octanol–water partition coefficient (Wildman–Crippen LogP) is 3.80. The molecule has 2 nitrogen and oxygen atoms in total. The Morgan fingerprint density at radius 1 is 1.11 bits per heavy atom. The highest BCUT2D eigenvalue weighted by molar-refractivity contribution is 8.14. The SMILES string of the molecule is CC(C)(C)SC(=O)C(C)(C)[C@H](O)c1ccccc1. The van der Waals surface area contributed by atoms with Gasteiger partial charge in [-0.3, -0.25) is 4.79 Å². The van der Waals surface area contributed by atoms with Gasteiger partial charge in [0.05, 0.1) is 11.5 Å². The standard InChI is InChI=1S/C15H22O2S/c1-14(2,3)18-13(17)15(4,5)12(16)11-9-7-6-8-10-11/h6-10,12,16H,1-5H3/t12-/m1/s1. The van der Waals surface area contributed by atoms with Gasteiger partial charge in [-0.15, -0.1) is 0 Å². The maximum atomic E-state index is 12.3. The fraction of sp³-hybridized carbons (Fsp3) is 0.533. The predicted molar refractivity (Wildman–Crippen MR) is 77.5 cm³/mol. The Bertz CT molecular complexity index is 404. The van der Waals surface area contributed by atoms with E-state index in [0.717, 1.165) is 5.56 Å². The molecule has 0 aliphatic heterocycles. The van der Waals surface area contributed by atoms with E-state index in [-0.39, 0.29) is 9.86 Å². The van der Waals surface area contributed by atoms with E-state index in [4.69, 9.17) is 0 Å². The number of carbonyl (C=O) groups excluding carboxylic acids is 1. The van der Waals surface area contributed by atoms with Crippen molar-refractivity contribution in [3.05, 3.63) is 35.9 Å². The molecule has 0 amide bonds. The van der Waals surface area contributed by atoms with Crippen molar-refractivity contribution in [2.45, 2.75) is 45.5 Å². The average molecular weight is 266 g/mol. The lowest BCUT2D eigenvalue weighted by atomic mass is 9.84. The van der Waals surface area contributed by atoms with Crippen molar-refractivity contribution >= 4 is 16.9 Å². The van der Waals surface area contributed by atoms with Crippen LogP contribution in [0.15, 0.2) is 30.3 Å². The van der Waals surface area contributed by atoms with Crippen LogP contribution in [0.5, 0.6) is 0 Å². The summed E-state index contributed by atoms with van der Waals surface area (Å²) >= 11 is 1.29. The van der Waals surface area contributed by atoms with Crippen LogP contribution >= 0.6 is 11.8 Å². The van der Waals surface area contributed by atoms with Crippen LogP contribution in [0, 0.1) is 5.41 Å². The van der Waals surface area contributed by atoms with E-state index in [1.807, 2.05) is 51.1 Å². The van der Waals surface area contributed by atoms with Crippen LogP contribution in [0.25, 0.3) is 0 Å². The smallest absolute Gasteiger partial charge is 0.197 e. The van der Waals surface area contributed by atoms with Crippen molar-refractivity contribution < 1.29 is 9.90 Å². The number of hydrogen-bond donors (Lipinski definition) is 1. The molecule has 0 saturated carbocycles. The molecule has 0 saturated heterocycles. The number of benzene rings is 1. The van der Waals surface area contributed by atoms with E-state index in [1.54, 1.807) is 13.8 Å². The lowest BCUT2D eigenvalue weighted by molar-refractivity contribution is -0.124. The lowest BCUT2D eigenvalue weighted by Crippen LogP contribution is -2.32. The number of thioether (sulfide) groups is 1. The van der Waals surface area contributed by atoms with Crippen molar-refractivity contribution in [1.82, 2.24) is 0 Å². The molecule has 0 spiro atoms. The third kappa shape index (κ3) is 3.85. The topological polar surface area (TPSA) is 37.3 Å². The van der Waals surface area contributed by atoms with Crippen molar-refractivity contribution in [2.24, 2.45) is 5.41 Å². The van der Waals surface area contributed by atoms with E-state index < -0.39 is 11.5 Å². The molecule has 100 valence electrons. The zero-order chi connectivity index (χ0) is 14.0. The van der Waals surface area contributed by atoms with E-state index >= 15 is 0 Å². The number of rotatable bonds is 3. The maximum absolute atomic E-state index is 12.3. The summed E-state index contributed by atoms with van der Waals surface area (Å²) in [5.41, 5.74) is -0.00962. The highest BCUT2D eigenvalue weighted by Crippen LogP contribution is 2.40. The molecular weight excluding hydrogens is 244 g/mol. The summed E-state index contributed by atoms with van der Waals surface area (Å²) < 4.78 is -0.134. The zero-order valence-corrected chi connectivity index (χ0v) is 12.5. The van der Waals surface area contributed by atoms with Crippen molar-refractivity contribution in [2.75, 3.05) is 0 Å². The normalized spacial score (nSPS) is 14.3. The molecule has 0 heterocycles. The first-order chi connectivity index (χ1) is 8.14. The quantitative estimate of drug-likeness (QED) is 0.904. The number of aliphatic hydroxyl groups is 1. The molecule has 0 aliphatic carbocycles. The highest BCUT2D eigenvalue weighted by Gasteiger charge is 2.38. The average Bonchev–Trinajstić information content (AvgIpc) is 2.27. The van der Waals surface area contributed by atoms with Gasteiger partial charge in [-0.2, -0.15) is 0 Å². The Kier molecular flexibility index (Phi) is 4.62. The molecule has 0 unspecified atom stereocenters. The second kappa shape index (κ2) is 5.45. The minimum Gasteiger partial charge on any atom is -0.387 e. The van der Waals surface area contributed by atoms with E-state index in [2.05, 4.69) is 0 Å². The van der Waals surface area contributed by atoms with Crippen molar-refractivity contribution in [1.29, 1.82) is 0 Å².